The average Bonchev–Trinajstić information content (AvgIpc) is 2.34. The molecular weight excluding hydrogens is 244 g/mol. The van der Waals surface area contributed by atoms with Crippen LogP contribution in [0.15, 0.2) is 18.2 Å². The molecule has 0 saturated heterocycles. The van der Waals surface area contributed by atoms with E-state index in [1.807, 2.05) is 11.9 Å². The van der Waals surface area contributed by atoms with Gasteiger partial charge in [0.05, 0.1) is 11.0 Å². The van der Waals surface area contributed by atoms with Crippen LogP contribution in [0, 0.1) is 16.0 Å². The van der Waals surface area contributed by atoms with Crippen LogP contribution >= 0.6 is 0 Å². The molecule has 0 heterocycles. The van der Waals surface area contributed by atoms with Gasteiger partial charge < -0.3 is 10.0 Å². The molecule has 0 aromatic heterocycles. The van der Waals surface area contributed by atoms with Crippen LogP contribution < -0.4 is 4.90 Å². The van der Waals surface area contributed by atoms with Gasteiger partial charge in [0, 0.05) is 19.7 Å². The van der Waals surface area contributed by atoms with E-state index >= 15 is 0 Å². The maximum Gasteiger partial charge on any atom is 0.292 e. The Balaban J connectivity index is 3.02. The third kappa shape index (κ3) is 4.21. The van der Waals surface area contributed by atoms with Crippen molar-refractivity contribution in [1.29, 1.82) is 0 Å². The topological polar surface area (TPSA) is 66.6 Å². The number of nitro benzene ring substituents is 1. The predicted molar refractivity (Wildman–Crippen MR) is 76.5 cm³/mol. The van der Waals surface area contributed by atoms with Crippen LogP contribution in [0.25, 0.3) is 0 Å². The molecule has 0 radical (unpaired) electrons. The highest BCUT2D eigenvalue weighted by molar-refractivity contribution is 5.64. The molecule has 0 amide bonds. The lowest BCUT2D eigenvalue weighted by molar-refractivity contribution is -0.384. The summed E-state index contributed by atoms with van der Waals surface area (Å²) >= 11 is 0. The minimum absolute atomic E-state index is 0.0460. The normalized spacial score (nSPS) is 12.5. The van der Waals surface area contributed by atoms with Gasteiger partial charge in [-0.1, -0.05) is 19.9 Å². The molecule has 0 aliphatic rings. The maximum atomic E-state index is 11.1. The molecule has 1 aromatic rings. The van der Waals surface area contributed by atoms with Crippen molar-refractivity contribution in [3.63, 3.8) is 0 Å². The van der Waals surface area contributed by atoms with E-state index in [1.54, 1.807) is 19.1 Å². The summed E-state index contributed by atoms with van der Waals surface area (Å²) in [4.78, 5) is 12.6. The van der Waals surface area contributed by atoms with Crippen molar-refractivity contribution < 1.29 is 10.0 Å². The zero-order valence-corrected chi connectivity index (χ0v) is 12.0. The average molecular weight is 266 g/mol. The molecule has 0 fully saturated rings. The van der Waals surface area contributed by atoms with Crippen LogP contribution in [0.3, 0.4) is 0 Å². The highest BCUT2D eigenvalue weighted by Gasteiger charge is 2.19. The molecule has 0 bridgehead atoms. The summed E-state index contributed by atoms with van der Waals surface area (Å²) in [6.45, 7) is 6.62. The minimum atomic E-state index is -0.700. The molecular formula is C14H22N2O3. The molecule has 0 aliphatic heterocycles. The number of anilines is 1. The van der Waals surface area contributed by atoms with Gasteiger partial charge in [0.15, 0.2) is 0 Å². The fraction of sp³-hybridized carbons (Fsp3) is 0.571. The van der Waals surface area contributed by atoms with E-state index < -0.39 is 11.0 Å². The van der Waals surface area contributed by atoms with E-state index in [1.165, 1.54) is 6.07 Å². The van der Waals surface area contributed by atoms with Crippen LogP contribution in [0.2, 0.25) is 0 Å². The van der Waals surface area contributed by atoms with Crippen molar-refractivity contribution in [2.75, 3.05) is 18.5 Å². The van der Waals surface area contributed by atoms with Gasteiger partial charge in [-0.3, -0.25) is 10.1 Å². The number of aliphatic hydroxyl groups excluding tert-OH is 1. The fourth-order valence-electron chi connectivity index (χ4n) is 1.84. The lowest BCUT2D eigenvalue weighted by atomic mass is 10.1. The van der Waals surface area contributed by atoms with Gasteiger partial charge in [0.25, 0.3) is 5.69 Å². The van der Waals surface area contributed by atoms with E-state index in [2.05, 4.69) is 13.8 Å². The molecule has 5 heteroatoms. The first-order valence-electron chi connectivity index (χ1n) is 6.50. The zero-order valence-electron chi connectivity index (χ0n) is 12.0. The van der Waals surface area contributed by atoms with Crippen molar-refractivity contribution >= 4 is 11.4 Å². The molecule has 106 valence electrons. The number of hydrogen-bond donors (Lipinski definition) is 1. The molecule has 5 nitrogen and oxygen atoms in total. The first-order valence-corrected chi connectivity index (χ1v) is 6.50. The van der Waals surface area contributed by atoms with Crippen LogP contribution in [0.4, 0.5) is 11.4 Å². The molecule has 0 spiro atoms. The molecule has 19 heavy (non-hydrogen) atoms. The number of nitro groups is 1. The molecule has 0 unspecified atom stereocenters. The Morgan fingerprint density at radius 3 is 2.47 bits per heavy atom. The summed E-state index contributed by atoms with van der Waals surface area (Å²) in [6, 6.07) is 4.89. The largest absolute Gasteiger partial charge is 0.389 e. The van der Waals surface area contributed by atoms with Crippen LogP contribution in [-0.2, 0) is 0 Å². The summed E-state index contributed by atoms with van der Waals surface area (Å²) in [5.74, 6) is 0.554. The van der Waals surface area contributed by atoms with Crippen molar-refractivity contribution in [1.82, 2.24) is 0 Å². The second-order valence-corrected chi connectivity index (χ2v) is 5.29. The van der Waals surface area contributed by atoms with Crippen LogP contribution in [-0.4, -0.2) is 23.6 Å². The summed E-state index contributed by atoms with van der Waals surface area (Å²) in [7, 11) is 1.85. The van der Waals surface area contributed by atoms with Crippen LogP contribution in [0.5, 0.6) is 0 Å². The number of hydrogen-bond acceptors (Lipinski definition) is 4. The Morgan fingerprint density at radius 2 is 2.00 bits per heavy atom. The summed E-state index contributed by atoms with van der Waals surface area (Å²) in [5.41, 5.74) is 1.20. The lowest BCUT2D eigenvalue weighted by Crippen LogP contribution is -2.21. The fourth-order valence-corrected chi connectivity index (χ4v) is 1.84. The number of aliphatic hydroxyl groups is 1. The van der Waals surface area contributed by atoms with Crippen molar-refractivity contribution in [2.24, 2.45) is 5.92 Å². The highest BCUT2D eigenvalue weighted by atomic mass is 16.6. The van der Waals surface area contributed by atoms with E-state index in [4.69, 9.17) is 0 Å². The van der Waals surface area contributed by atoms with Gasteiger partial charge in [-0.05, 0) is 30.9 Å². The Bertz CT molecular complexity index is 444. The first kappa shape index (κ1) is 15.4. The second kappa shape index (κ2) is 6.52. The number of rotatable bonds is 6. The van der Waals surface area contributed by atoms with Gasteiger partial charge >= 0.3 is 0 Å². The third-order valence-electron chi connectivity index (χ3n) is 3.13. The van der Waals surface area contributed by atoms with Crippen LogP contribution in [0.1, 0.15) is 38.9 Å². The van der Waals surface area contributed by atoms with E-state index in [0.717, 1.165) is 13.0 Å². The summed E-state index contributed by atoms with van der Waals surface area (Å²) in [6.07, 6.45) is 0.278. The Labute approximate surface area is 114 Å². The Hall–Kier alpha value is -1.62. The predicted octanol–water partition coefficient (Wildman–Crippen LogP) is 3.13. The number of benzene rings is 1. The molecule has 1 N–H and O–H groups in total. The van der Waals surface area contributed by atoms with E-state index in [0.29, 0.717) is 17.2 Å². The van der Waals surface area contributed by atoms with Crippen molar-refractivity contribution in [3.8, 4) is 0 Å². The lowest BCUT2D eigenvalue weighted by Gasteiger charge is -2.20. The second-order valence-electron chi connectivity index (χ2n) is 5.29. The van der Waals surface area contributed by atoms with Gasteiger partial charge in [-0.2, -0.15) is 0 Å². The van der Waals surface area contributed by atoms with Gasteiger partial charge in [-0.15, -0.1) is 0 Å². The zero-order chi connectivity index (χ0) is 14.6. The molecule has 0 saturated carbocycles. The van der Waals surface area contributed by atoms with E-state index in [9.17, 15) is 15.2 Å². The molecule has 1 aromatic carbocycles. The smallest absolute Gasteiger partial charge is 0.292 e. The highest BCUT2D eigenvalue weighted by Crippen LogP contribution is 2.30. The van der Waals surface area contributed by atoms with Gasteiger partial charge in [0.1, 0.15) is 5.69 Å². The van der Waals surface area contributed by atoms with E-state index in [-0.39, 0.29) is 5.69 Å². The standard InChI is InChI=1S/C14H22N2O3/c1-10(2)7-8-15(4)13-6-5-12(11(3)17)9-14(13)16(18)19/h5-6,9-11,17H,7-8H2,1-4H3/t11-/m1/s1. The van der Waals surface area contributed by atoms with Crippen molar-refractivity contribution in [2.45, 2.75) is 33.3 Å². The summed E-state index contributed by atoms with van der Waals surface area (Å²) < 4.78 is 0. The van der Waals surface area contributed by atoms with Gasteiger partial charge in [0.2, 0.25) is 0 Å². The molecule has 0 aliphatic carbocycles. The Kier molecular flexibility index (Phi) is 5.30. The number of nitrogens with zero attached hydrogens (tertiary/aromatic N) is 2. The third-order valence-corrected chi connectivity index (χ3v) is 3.13. The quantitative estimate of drug-likeness (QED) is 0.634. The first-order chi connectivity index (χ1) is 8.82. The molecule has 1 atom stereocenters. The Morgan fingerprint density at radius 1 is 1.37 bits per heavy atom. The maximum absolute atomic E-state index is 11.1. The monoisotopic (exact) mass is 266 g/mol. The van der Waals surface area contributed by atoms with Gasteiger partial charge in [-0.25, -0.2) is 0 Å². The minimum Gasteiger partial charge on any atom is -0.389 e. The SMILES string of the molecule is CC(C)CCN(C)c1ccc([C@@H](C)O)cc1[N+](=O)[O-]. The van der Waals surface area contributed by atoms with Crippen molar-refractivity contribution in [3.05, 3.63) is 33.9 Å². The molecule has 1 rings (SSSR count). The summed E-state index contributed by atoms with van der Waals surface area (Å²) in [5, 5.41) is 20.6.